The van der Waals surface area contributed by atoms with E-state index in [1.807, 2.05) is 13.8 Å². The number of nitrogens with one attached hydrogen (secondary N) is 1. The van der Waals surface area contributed by atoms with Crippen molar-refractivity contribution in [2.24, 2.45) is 11.8 Å². The van der Waals surface area contributed by atoms with Crippen molar-refractivity contribution in [1.29, 1.82) is 0 Å². The molecule has 1 amide bonds. The number of alkyl halides is 1. The van der Waals surface area contributed by atoms with Gasteiger partial charge in [-0.1, -0.05) is 22.9 Å². The number of amides is 1. The van der Waals surface area contributed by atoms with Crippen molar-refractivity contribution < 1.29 is 9.53 Å². The molecule has 1 rings (SSSR count). The molecule has 94 valence electrons. The van der Waals surface area contributed by atoms with Crippen molar-refractivity contribution in [2.45, 2.75) is 45.8 Å². The third-order valence-electron chi connectivity index (χ3n) is 3.40. The molecule has 1 N–H and O–H groups in total. The first kappa shape index (κ1) is 14.0. The highest BCUT2D eigenvalue weighted by molar-refractivity contribution is 9.09. The second kappa shape index (κ2) is 6.60. The van der Waals surface area contributed by atoms with Crippen LogP contribution in [0.3, 0.4) is 0 Å². The van der Waals surface area contributed by atoms with Crippen LogP contribution in [0.2, 0.25) is 0 Å². The summed E-state index contributed by atoms with van der Waals surface area (Å²) >= 11 is 3.38. The van der Waals surface area contributed by atoms with Gasteiger partial charge in [-0.2, -0.15) is 0 Å². The highest BCUT2D eigenvalue weighted by Crippen LogP contribution is 2.32. The van der Waals surface area contributed by atoms with Crippen LogP contribution in [0.15, 0.2) is 0 Å². The molecule has 4 heteroatoms. The van der Waals surface area contributed by atoms with E-state index in [0.717, 1.165) is 24.7 Å². The zero-order valence-corrected chi connectivity index (χ0v) is 11.9. The van der Waals surface area contributed by atoms with Crippen molar-refractivity contribution in [1.82, 2.24) is 5.32 Å². The van der Waals surface area contributed by atoms with E-state index >= 15 is 0 Å². The topological polar surface area (TPSA) is 38.3 Å². The van der Waals surface area contributed by atoms with Gasteiger partial charge in [-0.05, 0) is 32.6 Å². The molecule has 1 fully saturated rings. The average molecular weight is 292 g/mol. The summed E-state index contributed by atoms with van der Waals surface area (Å²) in [6.45, 7) is 6.90. The van der Waals surface area contributed by atoms with E-state index in [1.54, 1.807) is 0 Å². The van der Waals surface area contributed by atoms with Crippen molar-refractivity contribution in [3.63, 3.8) is 0 Å². The van der Waals surface area contributed by atoms with Crippen LogP contribution in [-0.2, 0) is 9.53 Å². The largest absolute Gasteiger partial charge is 0.374 e. The van der Waals surface area contributed by atoms with Crippen molar-refractivity contribution in [2.75, 3.05) is 11.9 Å². The van der Waals surface area contributed by atoms with Crippen LogP contribution in [0.25, 0.3) is 0 Å². The van der Waals surface area contributed by atoms with Crippen molar-refractivity contribution in [3.8, 4) is 0 Å². The van der Waals surface area contributed by atoms with Gasteiger partial charge in [0.2, 0.25) is 5.91 Å². The molecule has 1 saturated heterocycles. The zero-order valence-electron chi connectivity index (χ0n) is 10.3. The highest BCUT2D eigenvalue weighted by atomic mass is 79.9. The van der Waals surface area contributed by atoms with E-state index in [0.29, 0.717) is 5.92 Å². The lowest BCUT2D eigenvalue weighted by Crippen LogP contribution is -2.37. The zero-order chi connectivity index (χ0) is 12.1. The van der Waals surface area contributed by atoms with Crippen LogP contribution < -0.4 is 5.32 Å². The van der Waals surface area contributed by atoms with Gasteiger partial charge in [0.1, 0.15) is 0 Å². The van der Waals surface area contributed by atoms with Gasteiger partial charge in [-0.3, -0.25) is 4.79 Å². The maximum atomic E-state index is 12.0. The molecule has 0 bridgehead atoms. The molecule has 1 aliphatic rings. The second-order valence-corrected chi connectivity index (χ2v) is 5.41. The number of ether oxygens (including phenoxy) is 1. The van der Waals surface area contributed by atoms with Gasteiger partial charge in [-0.15, -0.1) is 0 Å². The second-order valence-electron chi connectivity index (χ2n) is 4.62. The maximum Gasteiger partial charge on any atom is 0.226 e. The van der Waals surface area contributed by atoms with Gasteiger partial charge in [0, 0.05) is 11.9 Å². The summed E-state index contributed by atoms with van der Waals surface area (Å²) in [5.41, 5.74) is 0. The smallest absolute Gasteiger partial charge is 0.226 e. The minimum Gasteiger partial charge on any atom is -0.374 e. The minimum absolute atomic E-state index is 0.0129. The SMILES string of the molecule is CC1OC(C)C(C(=O)NCCCCBr)C1C. The summed E-state index contributed by atoms with van der Waals surface area (Å²) < 4.78 is 5.67. The van der Waals surface area contributed by atoms with E-state index in [1.165, 1.54) is 0 Å². The Morgan fingerprint density at radius 3 is 2.44 bits per heavy atom. The quantitative estimate of drug-likeness (QED) is 0.624. The molecule has 0 aliphatic carbocycles. The Morgan fingerprint density at radius 2 is 1.94 bits per heavy atom. The van der Waals surface area contributed by atoms with Crippen LogP contribution in [0.1, 0.15) is 33.6 Å². The highest BCUT2D eigenvalue weighted by Gasteiger charge is 2.41. The Hall–Kier alpha value is -0.0900. The first-order valence-corrected chi connectivity index (χ1v) is 7.19. The third-order valence-corrected chi connectivity index (χ3v) is 3.97. The predicted octanol–water partition coefficient (Wildman–Crippen LogP) is 2.34. The first-order valence-electron chi connectivity index (χ1n) is 6.07. The summed E-state index contributed by atoms with van der Waals surface area (Å²) in [6.07, 6.45) is 2.36. The van der Waals surface area contributed by atoms with Gasteiger partial charge < -0.3 is 10.1 Å². The molecular weight excluding hydrogens is 270 g/mol. The van der Waals surface area contributed by atoms with Gasteiger partial charge in [-0.25, -0.2) is 0 Å². The van der Waals surface area contributed by atoms with Gasteiger partial charge in [0.15, 0.2) is 0 Å². The Morgan fingerprint density at radius 1 is 1.25 bits per heavy atom. The standard InChI is InChI=1S/C12H22BrNO2/c1-8-9(2)16-10(3)11(8)12(15)14-7-5-4-6-13/h8-11H,4-7H2,1-3H3,(H,14,15). The molecule has 0 aromatic rings. The van der Waals surface area contributed by atoms with Crippen LogP contribution in [0, 0.1) is 11.8 Å². The van der Waals surface area contributed by atoms with E-state index < -0.39 is 0 Å². The molecule has 0 spiro atoms. The summed E-state index contributed by atoms with van der Waals surface area (Å²) in [5.74, 6) is 0.476. The van der Waals surface area contributed by atoms with E-state index in [4.69, 9.17) is 4.74 Å². The first-order chi connectivity index (χ1) is 7.57. The molecule has 4 atom stereocenters. The lowest BCUT2D eigenvalue weighted by Gasteiger charge is -2.17. The number of unbranched alkanes of at least 4 members (excludes halogenated alkanes) is 1. The van der Waals surface area contributed by atoms with Crippen LogP contribution in [-0.4, -0.2) is 30.0 Å². The molecule has 16 heavy (non-hydrogen) atoms. The Bertz CT molecular complexity index is 235. The monoisotopic (exact) mass is 291 g/mol. The summed E-state index contributed by atoms with van der Waals surface area (Å²) in [6, 6.07) is 0. The van der Waals surface area contributed by atoms with Crippen molar-refractivity contribution in [3.05, 3.63) is 0 Å². The fourth-order valence-corrected chi connectivity index (χ4v) is 2.66. The van der Waals surface area contributed by atoms with E-state index in [-0.39, 0.29) is 24.0 Å². The third kappa shape index (κ3) is 3.45. The number of rotatable bonds is 5. The lowest BCUT2D eigenvalue weighted by atomic mass is 9.89. The number of hydrogen-bond acceptors (Lipinski definition) is 2. The Labute approximate surface area is 106 Å². The average Bonchev–Trinajstić information content (AvgIpc) is 2.48. The summed E-state index contributed by atoms with van der Waals surface area (Å²) in [5, 5.41) is 4.00. The predicted molar refractivity (Wildman–Crippen MR) is 68.7 cm³/mol. The fraction of sp³-hybridized carbons (Fsp3) is 0.917. The summed E-state index contributed by atoms with van der Waals surface area (Å²) in [4.78, 5) is 12.0. The molecular formula is C12H22BrNO2. The Kier molecular flexibility index (Phi) is 5.76. The van der Waals surface area contributed by atoms with E-state index in [2.05, 4.69) is 28.2 Å². The maximum absolute atomic E-state index is 12.0. The van der Waals surface area contributed by atoms with Gasteiger partial charge in [0.05, 0.1) is 18.1 Å². The molecule has 1 aliphatic heterocycles. The van der Waals surface area contributed by atoms with Crippen LogP contribution in [0.5, 0.6) is 0 Å². The van der Waals surface area contributed by atoms with Crippen LogP contribution >= 0.6 is 15.9 Å². The van der Waals surface area contributed by atoms with Crippen LogP contribution in [0.4, 0.5) is 0 Å². The number of hydrogen-bond donors (Lipinski definition) is 1. The number of carbonyl (C=O) groups excluding carboxylic acids is 1. The minimum atomic E-state index is 0.0129. The van der Waals surface area contributed by atoms with Crippen molar-refractivity contribution >= 4 is 21.8 Å². The number of carbonyl (C=O) groups is 1. The van der Waals surface area contributed by atoms with E-state index in [9.17, 15) is 4.79 Å². The van der Waals surface area contributed by atoms with Gasteiger partial charge in [0.25, 0.3) is 0 Å². The van der Waals surface area contributed by atoms with Gasteiger partial charge >= 0.3 is 0 Å². The molecule has 4 unspecified atom stereocenters. The lowest BCUT2D eigenvalue weighted by molar-refractivity contribution is -0.127. The number of halogens is 1. The normalized spacial score (nSPS) is 34.0. The Balaban J connectivity index is 2.35. The molecule has 3 nitrogen and oxygen atoms in total. The molecule has 0 radical (unpaired) electrons. The summed E-state index contributed by atoms with van der Waals surface area (Å²) in [7, 11) is 0. The fourth-order valence-electron chi connectivity index (χ4n) is 2.27. The molecule has 0 aromatic heterocycles. The molecule has 1 heterocycles. The molecule has 0 aromatic carbocycles. The molecule has 0 saturated carbocycles.